The van der Waals surface area contributed by atoms with Gasteiger partial charge in [0.05, 0.1) is 17.3 Å². The van der Waals surface area contributed by atoms with Crippen LogP contribution in [0.3, 0.4) is 0 Å². The molecule has 21 heavy (non-hydrogen) atoms. The van der Waals surface area contributed by atoms with Crippen LogP contribution in [0, 0.1) is 6.92 Å². The van der Waals surface area contributed by atoms with Crippen LogP contribution in [0.4, 0.5) is 5.69 Å². The lowest BCUT2D eigenvalue weighted by Gasteiger charge is -2.25. The van der Waals surface area contributed by atoms with Crippen molar-refractivity contribution >= 4 is 16.7 Å². The summed E-state index contributed by atoms with van der Waals surface area (Å²) in [5.41, 5.74) is 4.11. The molecule has 2 aromatic heterocycles. The molecule has 0 aliphatic carbocycles. The van der Waals surface area contributed by atoms with Crippen molar-refractivity contribution in [3.63, 3.8) is 0 Å². The molecule has 0 amide bonds. The molecular weight excluding hydrogens is 264 g/mol. The Bertz CT molecular complexity index is 629. The van der Waals surface area contributed by atoms with E-state index in [1.54, 1.807) is 0 Å². The third-order valence-electron chi connectivity index (χ3n) is 4.18. The Labute approximate surface area is 125 Å². The summed E-state index contributed by atoms with van der Waals surface area (Å²) in [7, 11) is 0. The van der Waals surface area contributed by atoms with Gasteiger partial charge in [-0.3, -0.25) is 0 Å². The summed E-state index contributed by atoms with van der Waals surface area (Å²) in [4.78, 5) is 4.75. The van der Waals surface area contributed by atoms with E-state index in [1.807, 2.05) is 10.9 Å². The van der Waals surface area contributed by atoms with Crippen LogP contribution < -0.4 is 5.32 Å². The average molecular weight is 287 g/mol. The summed E-state index contributed by atoms with van der Waals surface area (Å²) in [5, 5.41) is 9.19. The second-order valence-electron chi connectivity index (χ2n) is 5.49. The third kappa shape index (κ3) is 2.62. The van der Waals surface area contributed by atoms with Crippen molar-refractivity contribution in [3.05, 3.63) is 24.4 Å². The molecule has 2 aromatic rings. The molecule has 0 unspecified atom stereocenters. The number of anilines is 1. The number of pyridine rings is 1. The molecule has 1 aliphatic heterocycles. The first-order chi connectivity index (χ1) is 10.2. The number of hydrogen-bond acceptors (Lipinski definition) is 4. The Hall–Kier alpha value is -1.62. The van der Waals surface area contributed by atoms with Gasteiger partial charge in [-0.2, -0.15) is 5.10 Å². The highest BCUT2D eigenvalue weighted by atomic mass is 16.5. The van der Waals surface area contributed by atoms with Gasteiger partial charge in [0.25, 0.3) is 0 Å². The van der Waals surface area contributed by atoms with Crippen molar-refractivity contribution in [1.29, 1.82) is 0 Å². The zero-order chi connectivity index (χ0) is 14.8. The van der Waals surface area contributed by atoms with E-state index in [2.05, 4.69) is 31.2 Å². The predicted molar refractivity (Wildman–Crippen MR) is 84.5 cm³/mol. The van der Waals surface area contributed by atoms with Gasteiger partial charge in [-0.05, 0) is 38.7 Å². The van der Waals surface area contributed by atoms with E-state index < -0.39 is 0 Å². The Morgan fingerprint density at radius 2 is 2.14 bits per heavy atom. The fraction of sp³-hybridized carbons (Fsp3) is 0.562. The Morgan fingerprint density at radius 3 is 2.81 bits per heavy atom. The number of rotatable bonds is 4. The van der Waals surface area contributed by atoms with Gasteiger partial charge in [-0.15, -0.1) is 0 Å². The van der Waals surface area contributed by atoms with Crippen molar-refractivity contribution in [2.24, 2.45) is 0 Å². The first kappa shape index (κ1) is 14.3. The molecule has 5 nitrogen and oxygen atoms in total. The molecule has 3 rings (SSSR count). The number of nitrogens with one attached hydrogen (secondary N) is 1. The van der Waals surface area contributed by atoms with Crippen LogP contribution in [0.25, 0.3) is 11.0 Å². The van der Waals surface area contributed by atoms with Crippen LogP contribution in [-0.2, 0) is 17.7 Å². The first-order valence-electron chi connectivity index (χ1n) is 7.79. The smallest absolute Gasteiger partial charge is 0.160 e. The molecule has 113 valence electrons. The van der Waals surface area contributed by atoms with Gasteiger partial charge in [0.1, 0.15) is 0 Å². The second kappa shape index (κ2) is 6.02. The van der Waals surface area contributed by atoms with Crippen LogP contribution in [0.5, 0.6) is 0 Å². The number of fused-ring (bicyclic) bond motifs is 1. The summed E-state index contributed by atoms with van der Waals surface area (Å²) in [5.74, 6) is 0. The zero-order valence-corrected chi connectivity index (χ0v) is 12.9. The number of hydrogen-bond donors (Lipinski definition) is 1. The molecule has 0 atom stereocenters. The molecule has 1 radical (unpaired) electrons. The lowest BCUT2D eigenvalue weighted by atomic mass is 10.0. The summed E-state index contributed by atoms with van der Waals surface area (Å²) in [6, 6.07) is 0.444. The molecule has 0 aromatic carbocycles. The minimum atomic E-state index is 0.444. The Balaban J connectivity index is 2.05. The number of aryl methyl sites for hydroxylation is 2. The average Bonchev–Trinajstić information content (AvgIpc) is 2.93. The molecule has 1 fully saturated rings. The van der Waals surface area contributed by atoms with Gasteiger partial charge in [-0.1, -0.05) is 6.92 Å². The number of nitrogens with zero attached hydrogens (tertiary/aromatic N) is 3. The highest BCUT2D eigenvalue weighted by Crippen LogP contribution is 2.30. The molecule has 1 saturated heterocycles. The Kier molecular flexibility index (Phi) is 4.10. The fourth-order valence-electron chi connectivity index (χ4n) is 2.91. The number of ether oxygens (including phenoxy) is 1. The van der Waals surface area contributed by atoms with E-state index >= 15 is 0 Å². The monoisotopic (exact) mass is 287 g/mol. The van der Waals surface area contributed by atoms with E-state index in [4.69, 9.17) is 9.72 Å². The largest absolute Gasteiger partial charge is 0.381 e. The minimum Gasteiger partial charge on any atom is -0.381 e. The van der Waals surface area contributed by atoms with Crippen molar-refractivity contribution in [2.75, 3.05) is 18.5 Å². The van der Waals surface area contributed by atoms with Crippen LogP contribution in [-0.4, -0.2) is 34.0 Å². The molecule has 0 saturated carbocycles. The maximum absolute atomic E-state index is 5.44. The van der Waals surface area contributed by atoms with Crippen LogP contribution in [0.2, 0.25) is 0 Å². The summed E-state index contributed by atoms with van der Waals surface area (Å²) < 4.78 is 7.38. The van der Waals surface area contributed by atoms with Gasteiger partial charge in [0, 0.05) is 31.5 Å². The molecule has 3 heterocycles. The quantitative estimate of drug-likeness (QED) is 0.939. The van der Waals surface area contributed by atoms with E-state index in [1.165, 1.54) is 0 Å². The molecule has 0 spiro atoms. The van der Waals surface area contributed by atoms with E-state index in [0.717, 1.165) is 67.0 Å². The van der Waals surface area contributed by atoms with Crippen molar-refractivity contribution in [3.8, 4) is 0 Å². The zero-order valence-electron chi connectivity index (χ0n) is 12.9. The standard InChI is InChI=1S/C16H23N4O/c1-4-14-11(3)15(18-12-6-8-21-9-7-12)13-10-17-20(5-2)16(13)19-14/h10,12H,3-9H2,1-2H3,(H,18,19). The lowest BCUT2D eigenvalue weighted by molar-refractivity contribution is 0.0905. The van der Waals surface area contributed by atoms with E-state index in [0.29, 0.717) is 6.04 Å². The topological polar surface area (TPSA) is 52.0 Å². The third-order valence-corrected chi connectivity index (χ3v) is 4.18. The second-order valence-corrected chi connectivity index (χ2v) is 5.49. The highest BCUT2D eigenvalue weighted by Gasteiger charge is 2.19. The number of aromatic nitrogens is 3. The van der Waals surface area contributed by atoms with Crippen molar-refractivity contribution < 1.29 is 4.74 Å². The summed E-state index contributed by atoms with van der Waals surface area (Å²) >= 11 is 0. The first-order valence-corrected chi connectivity index (χ1v) is 7.79. The van der Waals surface area contributed by atoms with Crippen LogP contribution >= 0.6 is 0 Å². The normalized spacial score (nSPS) is 16.5. The van der Waals surface area contributed by atoms with Crippen molar-refractivity contribution in [1.82, 2.24) is 14.8 Å². The SMILES string of the molecule is [CH2]c1c(CC)nc2c(cnn2CC)c1NC1CCOCC1. The highest BCUT2D eigenvalue weighted by molar-refractivity contribution is 5.91. The van der Waals surface area contributed by atoms with Gasteiger partial charge in [0.15, 0.2) is 5.65 Å². The molecular formula is C16H23N4O. The van der Waals surface area contributed by atoms with Gasteiger partial charge < -0.3 is 10.1 Å². The molecule has 1 aliphatic rings. The minimum absolute atomic E-state index is 0.444. The maximum Gasteiger partial charge on any atom is 0.160 e. The summed E-state index contributed by atoms with van der Waals surface area (Å²) in [6.45, 7) is 10.9. The van der Waals surface area contributed by atoms with E-state index in [9.17, 15) is 0 Å². The lowest BCUT2D eigenvalue weighted by Crippen LogP contribution is -2.28. The molecule has 5 heteroatoms. The maximum atomic E-state index is 5.44. The van der Waals surface area contributed by atoms with Gasteiger partial charge >= 0.3 is 0 Å². The Morgan fingerprint density at radius 1 is 1.38 bits per heavy atom. The fourth-order valence-corrected chi connectivity index (χ4v) is 2.91. The van der Waals surface area contributed by atoms with Gasteiger partial charge in [-0.25, -0.2) is 9.67 Å². The summed E-state index contributed by atoms with van der Waals surface area (Å²) in [6.07, 6.45) is 4.85. The van der Waals surface area contributed by atoms with Crippen LogP contribution in [0.1, 0.15) is 37.9 Å². The van der Waals surface area contributed by atoms with E-state index in [-0.39, 0.29) is 0 Å². The van der Waals surface area contributed by atoms with Crippen molar-refractivity contribution in [2.45, 2.75) is 45.7 Å². The predicted octanol–water partition coefficient (Wildman–Crippen LogP) is 2.79. The molecule has 1 N–H and O–H groups in total. The van der Waals surface area contributed by atoms with Crippen LogP contribution in [0.15, 0.2) is 6.20 Å². The molecule has 0 bridgehead atoms. The van der Waals surface area contributed by atoms with Gasteiger partial charge in [0.2, 0.25) is 0 Å².